The summed E-state index contributed by atoms with van der Waals surface area (Å²) < 4.78 is 10.1. The Hall–Kier alpha value is -1.55. The molecule has 0 saturated heterocycles. The third kappa shape index (κ3) is 4.56. The summed E-state index contributed by atoms with van der Waals surface area (Å²) in [6.45, 7) is 6.86. The smallest absolute Gasteiger partial charge is 0.346 e. The zero-order valence-electron chi connectivity index (χ0n) is 12.1. The summed E-state index contributed by atoms with van der Waals surface area (Å²) in [5.41, 5.74) is 1.22. The van der Waals surface area contributed by atoms with E-state index in [0.29, 0.717) is 11.8 Å². The quantitative estimate of drug-likeness (QED) is 0.770. The van der Waals surface area contributed by atoms with Crippen molar-refractivity contribution in [1.29, 1.82) is 0 Å². The third-order valence-corrected chi connectivity index (χ3v) is 2.99. The average molecular weight is 265 g/mol. The molecule has 0 radical (unpaired) electrons. The Morgan fingerprint density at radius 1 is 1.26 bits per heavy atom. The van der Waals surface area contributed by atoms with Gasteiger partial charge in [-0.1, -0.05) is 26.0 Å². The first-order valence-electron chi connectivity index (χ1n) is 6.70. The van der Waals surface area contributed by atoms with Crippen LogP contribution in [0.3, 0.4) is 0 Å². The Morgan fingerprint density at radius 3 is 2.37 bits per heavy atom. The van der Waals surface area contributed by atoms with Gasteiger partial charge in [0.05, 0.1) is 7.11 Å². The number of carbonyl (C=O) groups excluding carboxylic acids is 1. The van der Waals surface area contributed by atoms with Gasteiger partial charge in [0.1, 0.15) is 5.75 Å². The molecule has 19 heavy (non-hydrogen) atoms. The lowest BCUT2D eigenvalue weighted by atomic mass is 10.0. The summed E-state index contributed by atoms with van der Waals surface area (Å²) in [5.74, 6) is 0.302. The van der Waals surface area contributed by atoms with E-state index in [-0.39, 0.29) is 5.97 Å². The van der Waals surface area contributed by atoms with Crippen molar-refractivity contribution in [3.8, 4) is 5.75 Å². The van der Waals surface area contributed by atoms with Gasteiger partial charge >= 0.3 is 5.97 Å². The van der Waals surface area contributed by atoms with Crippen molar-refractivity contribution in [2.45, 2.75) is 39.3 Å². The van der Waals surface area contributed by atoms with Crippen molar-refractivity contribution in [2.75, 3.05) is 13.7 Å². The van der Waals surface area contributed by atoms with Crippen LogP contribution in [-0.2, 0) is 9.53 Å². The van der Waals surface area contributed by atoms with Gasteiger partial charge in [-0.15, -0.1) is 0 Å². The Bertz CT molecular complexity index is 389. The Kier molecular flexibility index (Phi) is 6.36. The second kappa shape index (κ2) is 7.79. The first kappa shape index (κ1) is 15.5. The first-order valence-corrected chi connectivity index (χ1v) is 6.70. The predicted molar refractivity (Wildman–Crippen MR) is 75.3 cm³/mol. The highest BCUT2D eigenvalue weighted by Gasteiger charge is 2.15. The van der Waals surface area contributed by atoms with Crippen molar-refractivity contribution in [3.63, 3.8) is 0 Å². The van der Waals surface area contributed by atoms with Crippen molar-refractivity contribution < 1.29 is 14.3 Å². The molecule has 0 aromatic heterocycles. The molecule has 0 aliphatic heterocycles. The van der Waals surface area contributed by atoms with Gasteiger partial charge in [0.15, 0.2) is 6.10 Å². The maximum atomic E-state index is 11.3. The van der Waals surface area contributed by atoms with E-state index in [1.807, 2.05) is 24.3 Å². The fourth-order valence-electron chi connectivity index (χ4n) is 1.94. The highest BCUT2D eigenvalue weighted by molar-refractivity contribution is 5.74. The van der Waals surface area contributed by atoms with Crippen LogP contribution in [0.2, 0.25) is 0 Å². The molecule has 1 aromatic carbocycles. The molecule has 1 N–H and O–H groups in total. The maximum absolute atomic E-state index is 11.3. The zero-order chi connectivity index (χ0) is 14.3. The van der Waals surface area contributed by atoms with Gasteiger partial charge in [0.2, 0.25) is 0 Å². The predicted octanol–water partition coefficient (Wildman–Crippen LogP) is 2.69. The molecule has 0 aliphatic carbocycles. The summed E-state index contributed by atoms with van der Waals surface area (Å²) >= 11 is 0. The van der Waals surface area contributed by atoms with Gasteiger partial charge in [-0.2, -0.15) is 0 Å². The number of esters is 1. The molecule has 0 saturated carbocycles. The minimum atomic E-state index is -0.591. The second-order valence-electron chi connectivity index (χ2n) is 4.37. The van der Waals surface area contributed by atoms with Crippen LogP contribution in [0.4, 0.5) is 0 Å². The van der Waals surface area contributed by atoms with Crippen LogP contribution >= 0.6 is 0 Å². The minimum Gasteiger partial charge on any atom is -0.479 e. The largest absolute Gasteiger partial charge is 0.479 e. The van der Waals surface area contributed by atoms with E-state index in [2.05, 4.69) is 23.9 Å². The van der Waals surface area contributed by atoms with E-state index in [1.165, 1.54) is 12.7 Å². The van der Waals surface area contributed by atoms with Crippen molar-refractivity contribution in [2.24, 2.45) is 0 Å². The maximum Gasteiger partial charge on any atom is 0.346 e. The molecule has 106 valence electrons. The standard InChI is InChI=1S/C15H23NO3/c1-5-14(16-6-2)12-7-9-13(10-8-12)19-11(3)15(17)18-4/h7-11,14,16H,5-6H2,1-4H3. The summed E-state index contributed by atoms with van der Waals surface area (Å²) in [6.07, 6.45) is 0.443. The minimum absolute atomic E-state index is 0.358. The van der Waals surface area contributed by atoms with Crippen LogP contribution in [0, 0.1) is 0 Å². The molecule has 2 unspecified atom stereocenters. The number of nitrogens with one attached hydrogen (secondary N) is 1. The monoisotopic (exact) mass is 265 g/mol. The fourth-order valence-corrected chi connectivity index (χ4v) is 1.94. The summed E-state index contributed by atoms with van der Waals surface area (Å²) in [5, 5.41) is 3.42. The summed E-state index contributed by atoms with van der Waals surface area (Å²) in [4.78, 5) is 11.3. The van der Waals surface area contributed by atoms with E-state index < -0.39 is 6.10 Å². The molecular weight excluding hydrogens is 242 g/mol. The van der Waals surface area contributed by atoms with E-state index in [0.717, 1.165) is 13.0 Å². The average Bonchev–Trinajstić information content (AvgIpc) is 2.44. The van der Waals surface area contributed by atoms with Gasteiger partial charge in [-0.05, 0) is 37.6 Å². The number of hydrogen-bond acceptors (Lipinski definition) is 4. The van der Waals surface area contributed by atoms with Crippen molar-refractivity contribution in [1.82, 2.24) is 5.32 Å². The Balaban J connectivity index is 2.68. The van der Waals surface area contributed by atoms with Gasteiger partial charge in [-0.25, -0.2) is 4.79 Å². The third-order valence-electron chi connectivity index (χ3n) is 2.99. The van der Waals surface area contributed by atoms with Crippen LogP contribution in [-0.4, -0.2) is 25.7 Å². The highest BCUT2D eigenvalue weighted by Crippen LogP contribution is 2.20. The molecule has 2 atom stereocenters. The molecule has 4 heteroatoms. The fraction of sp³-hybridized carbons (Fsp3) is 0.533. The molecule has 0 fully saturated rings. The molecule has 1 rings (SSSR count). The van der Waals surface area contributed by atoms with Gasteiger partial charge < -0.3 is 14.8 Å². The van der Waals surface area contributed by atoms with E-state index in [9.17, 15) is 4.79 Å². The lowest BCUT2D eigenvalue weighted by Crippen LogP contribution is -2.25. The van der Waals surface area contributed by atoms with Crippen LogP contribution < -0.4 is 10.1 Å². The van der Waals surface area contributed by atoms with Crippen LogP contribution in [0.1, 0.15) is 38.8 Å². The van der Waals surface area contributed by atoms with Gasteiger partial charge in [-0.3, -0.25) is 0 Å². The lowest BCUT2D eigenvalue weighted by molar-refractivity contribution is -0.147. The molecule has 0 amide bonds. The SMILES string of the molecule is CCNC(CC)c1ccc(OC(C)C(=O)OC)cc1. The molecule has 0 heterocycles. The number of rotatable bonds is 7. The number of carbonyl (C=O) groups is 1. The number of ether oxygens (including phenoxy) is 2. The Morgan fingerprint density at radius 2 is 1.89 bits per heavy atom. The summed E-state index contributed by atoms with van der Waals surface area (Å²) in [6, 6.07) is 8.17. The van der Waals surface area contributed by atoms with Crippen LogP contribution in [0.15, 0.2) is 24.3 Å². The van der Waals surface area contributed by atoms with E-state index >= 15 is 0 Å². The zero-order valence-corrected chi connectivity index (χ0v) is 12.1. The van der Waals surface area contributed by atoms with Gasteiger partial charge in [0, 0.05) is 6.04 Å². The molecule has 1 aromatic rings. The first-order chi connectivity index (χ1) is 9.12. The highest BCUT2D eigenvalue weighted by atomic mass is 16.6. The molecule has 0 spiro atoms. The molecular formula is C15H23NO3. The normalized spacial score (nSPS) is 13.7. The second-order valence-corrected chi connectivity index (χ2v) is 4.37. The Labute approximate surface area is 115 Å². The molecule has 0 bridgehead atoms. The van der Waals surface area contributed by atoms with Crippen LogP contribution in [0.25, 0.3) is 0 Å². The van der Waals surface area contributed by atoms with E-state index in [4.69, 9.17) is 4.74 Å². The number of benzene rings is 1. The number of methoxy groups -OCH3 is 1. The van der Waals surface area contributed by atoms with E-state index in [1.54, 1.807) is 6.92 Å². The van der Waals surface area contributed by atoms with Gasteiger partial charge in [0.25, 0.3) is 0 Å². The summed E-state index contributed by atoms with van der Waals surface area (Å²) in [7, 11) is 1.35. The van der Waals surface area contributed by atoms with Crippen LogP contribution in [0.5, 0.6) is 5.75 Å². The number of hydrogen-bond donors (Lipinski definition) is 1. The molecule has 4 nitrogen and oxygen atoms in total. The topological polar surface area (TPSA) is 47.6 Å². The molecule has 0 aliphatic rings. The van der Waals surface area contributed by atoms with Crippen molar-refractivity contribution in [3.05, 3.63) is 29.8 Å². The van der Waals surface area contributed by atoms with Crippen molar-refractivity contribution >= 4 is 5.97 Å². The lowest BCUT2D eigenvalue weighted by Gasteiger charge is -2.17.